The molecule has 2 heterocycles. The van der Waals surface area contributed by atoms with Crippen molar-refractivity contribution in [2.24, 2.45) is 11.8 Å². The van der Waals surface area contributed by atoms with Gasteiger partial charge in [0, 0.05) is 15.6 Å². The fraction of sp³-hybridized carbons (Fsp3) is 0.185. The number of hydrogen-bond donors (Lipinski definition) is 0. The van der Waals surface area contributed by atoms with Gasteiger partial charge in [0.15, 0.2) is 0 Å². The number of anilines is 1. The third-order valence-corrected chi connectivity index (χ3v) is 7.63. The number of halogens is 1. The Labute approximate surface area is 203 Å². The highest BCUT2D eigenvalue weighted by Crippen LogP contribution is 2.58. The molecule has 3 aromatic rings. The van der Waals surface area contributed by atoms with Crippen molar-refractivity contribution in [2.75, 3.05) is 4.90 Å². The van der Waals surface area contributed by atoms with Gasteiger partial charge in [-0.15, -0.1) is 0 Å². The number of benzene rings is 3. The molecule has 0 aromatic heterocycles. The fourth-order valence-electron chi connectivity index (χ4n) is 5.55. The van der Waals surface area contributed by atoms with Gasteiger partial charge in [0.05, 0.1) is 23.6 Å². The highest BCUT2D eigenvalue weighted by atomic mass is 79.9. The van der Waals surface area contributed by atoms with Crippen LogP contribution in [0.2, 0.25) is 0 Å². The van der Waals surface area contributed by atoms with Crippen molar-refractivity contribution in [3.8, 4) is 0 Å². The zero-order valence-electron chi connectivity index (χ0n) is 18.0. The lowest BCUT2D eigenvalue weighted by Gasteiger charge is -2.27. The standard InChI is InChI=1S/C27H18BrNO5/c1-14-6-2-3-7-17(14)22-20-21(26(33)29(25(20)32)16-12-10-15(28)11-13-16)27(34-22)23(30)18-8-4-5-9-19(18)24(27)31/h2-13,20-22H,1H3/t20-,21+,22+/m1/s1. The van der Waals surface area contributed by atoms with Gasteiger partial charge in [-0.2, -0.15) is 0 Å². The number of nitrogens with zero attached hydrogens (tertiary/aromatic N) is 1. The molecule has 0 unspecified atom stereocenters. The molecular weight excluding hydrogens is 498 g/mol. The average molecular weight is 516 g/mol. The summed E-state index contributed by atoms with van der Waals surface area (Å²) in [5, 5.41) is 0. The predicted octanol–water partition coefficient (Wildman–Crippen LogP) is 4.45. The molecule has 2 fully saturated rings. The quantitative estimate of drug-likeness (QED) is 0.372. The zero-order valence-corrected chi connectivity index (χ0v) is 19.6. The molecule has 1 aliphatic carbocycles. The minimum Gasteiger partial charge on any atom is -0.349 e. The van der Waals surface area contributed by atoms with E-state index in [0.717, 1.165) is 14.9 Å². The summed E-state index contributed by atoms with van der Waals surface area (Å²) in [7, 11) is 0. The third kappa shape index (κ3) is 2.59. The Bertz CT molecular complexity index is 1380. The molecule has 7 heteroatoms. The molecule has 34 heavy (non-hydrogen) atoms. The Morgan fingerprint density at radius 2 is 1.38 bits per heavy atom. The minimum atomic E-state index is -2.06. The molecule has 168 valence electrons. The van der Waals surface area contributed by atoms with Crippen LogP contribution >= 0.6 is 15.9 Å². The van der Waals surface area contributed by atoms with E-state index in [0.29, 0.717) is 11.3 Å². The summed E-state index contributed by atoms with van der Waals surface area (Å²) < 4.78 is 7.12. The van der Waals surface area contributed by atoms with E-state index in [2.05, 4.69) is 15.9 Å². The van der Waals surface area contributed by atoms with Crippen LogP contribution in [0.4, 0.5) is 5.69 Å². The SMILES string of the molecule is Cc1ccccc1[C@@H]1OC2(C(=O)c3ccccc3C2=O)[C@@H]2C(=O)N(c3ccc(Br)cc3)C(=O)[C@H]21. The van der Waals surface area contributed by atoms with Crippen LogP contribution in [-0.4, -0.2) is 29.0 Å². The van der Waals surface area contributed by atoms with Crippen molar-refractivity contribution in [1.82, 2.24) is 0 Å². The van der Waals surface area contributed by atoms with Gasteiger partial charge in [-0.25, -0.2) is 4.90 Å². The van der Waals surface area contributed by atoms with Crippen LogP contribution in [0.5, 0.6) is 0 Å². The summed E-state index contributed by atoms with van der Waals surface area (Å²) in [5.74, 6) is -4.43. The maximum Gasteiger partial charge on any atom is 0.241 e. The summed E-state index contributed by atoms with van der Waals surface area (Å²) in [4.78, 5) is 56.2. The number of Topliss-reactive ketones (excluding diaryl/α,β-unsaturated/α-hetero) is 2. The second kappa shape index (κ2) is 7.29. The summed E-state index contributed by atoms with van der Waals surface area (Å²) >= 11 is 3.36. The Hall–Kier alpha value is -3.42. The van der Waals surface area contributed by atoms with Gasteiger partial charge in [-0.05, 0) is 42.3 Å². The van der Waals surface area contributed by atoms with Crippen LogP contribution in [0.25, 0.3) is 0 Å². The second-order valence-corrected chi connectivity index (χ2v) is 9.74. The van der Waals surface area contributed by atoms with Gasteiger partial charge >= 0.3 is 0 Å². The first-order valence-electron chi connectivity index (χ1n) is 10.9. The molecular formula is C27H18BrNO5. The molecule has 2 aliphatic heterocycles. The van der Waals surface area contributed by atoms with Gasteiger partial charge in [0.1, 0.15) is 0 Å². The van der Waals surface area contributed by atoms with Crippen molar-refractivity contribution >= 4 is 45.0 Å². The number of carbonyl (C=O) groups excluding carboxylic acids is 4. The topological polar surface area (TPSA) is 80.8 Å². The summed E-state index contributed by atoms with van der Waals surface area (Å²) in [6, 6.07) is 20.6. The van der Waals surface area contributed by atoms with E-state index in [9.17, 15) is 19.2 Å². The monoisotopic (exact) mass is 515 g/mol. The van der Waals surface area contributed by atoms with E-state index in [1.807, 2.05) is 31.2 Å². The van der Waals surface area contributed by atoms with Crippen molar-refractivity contribution in [3.63, 3.8) is 0 Å². The Kier molecular flexibility index (Phi) is 4.53. The molecule has 6 rings (SSSR count). The second-order valence-electron chi connectivity index (χ2n) is 8.83. The highest BCUT2D eigenvalue weighted by molar-refractivity contribution is 9.10. The van der Waals surface area contributed by atoms with Crippen LogP contribution < -0.4 is 4.90 Å². The number of hydrogen-bond acceptors (Lipinski definition) is 5. The first kappa shape index (κ1) is 21.1. The van der Waals surface area contributed by atoms with E-state index in [4.69, 9.17) is 4.74 Å². The molecule has 0 N–H and O–H groups in total. The first-order valence-corrected chi connectivity index (χ1v) is 11.7. The number of fused-ring (bicyclic) bond motifs is 3. The summed E-state index contributed by atoms with van der Waals surface area (Å²) in [6.07, 6.45) is -0.912. The number of carbonyl (C=O) groups is 4. The molecule has 0 radical (unpaired) electrons. The lowest BCUT2D eigenvalue weighted by atomic mass is 9.77. The van der Waals surface area contributed by atoms with Gasteiger partial charge in [-0.3, -0.25) is 19.2 Å². The number of aryl methyl sites for hydroxylation is 1. The van der Waals surface area contributed by atoms with Crippen molar-refractivity contribution in [1.29, 1.82) is 0 Å². The molecule has 3 atom stereocenters. The Morgan fingerprint density at radius 3 is 2.00 bits per heavy atom. The van der Waals surface area contributed by atoms with Gasteiger partial charge in [0.2, 0.25) is 29.0 Å². The fourth-order valence-corrected chi connectivity index (χ4v) is 5.81. The van der Waals surface area contributed by atoms with E-state index in [1.165, 1.54) is 0 Å². The molecule has 1 spiro atoms. The lowest BCUT2D eigenvalue weighted by molar-refractivity contribution is -0.127. The molecule has 0 saturated carbocycles. The smallest absolute Gasteiger partial charge is 0.241 e. The molecule has 6 nitrogen and oxygen atoms in total. The van der Waals surface area contributed by atoms with Gasteiger partial charge < -0.3 is 4.74 Å². The maximum atomic E-state index is 13.9. The van der Waals surface area contributed by atoms with Crippen LogP contribution in [0, 0.1) is 18.8 Å². The van der Waals surface area contributed by atoms with Crippen molar-refractivity contribution in [2.45, 2.75) is 18.6 Å². The Balaban J connectivity index is 1.56. The summed E-state index contributed by atoms with van der Waals surface area (Å²) in [6.45, 7) is 1.87. The number of ether oxygens (including phenoxy) is 1. The van der Waals surface area contributed by atoms with E-state index in [-0.39, 0.29) is 11.1 Å². The normalized spacial score (nSPS) is 24.8. The van der Waals surface area contributed by atoms with Gasteiger partial charge in [-0.1, -0.05) is 64.5 Å². The van der Waals surface area contributed by atoms with E-state index >= 15 is 0 Å². The molecule has 2 saturated heterocycles. The largest absolute Gasteiger partial charge is 0.349 e. The first-order chi connectivity index (χ1) is 16.4. The number of imide groups is 1. The van der Waals surface area contributed by atoms with Gasteiger partial charge in [0.25, 0.3) is 0 Å². The van der Waals surface area contributed by atoms with Crippen molar-refractivity contribution < 1.29 is 23.9 Å². The number of amides is 2. The molecule has 2 amide bonds. The van der Waals surface area contributed by atoms with Crippen LogP contribution in [0.3, 0.4) is 0 Å². The zero-order chi connectivity index (χ0) is 23.8. The molecule has 3 aliphatic rings. The highest BCUT2D eigenvalue weighted by Gasteiger charge is 2.74. The lowest BCUT2D eigenvalue weighted by Crippen LogP contribution is -2.51. The number of rotatable bonds is 2. The maximum absolute atomic E-state index is 13.9. The third-order valence-electron chi connectivity index (χ3n) is 7.10. The minimum absolute atomic E-state index is 0.221. The van der Waals surface area contributed by atoms with E-state index in [1.54, 1.807) is 48.5 Å². The van der Waals surface area contributed by atoms with Crippen LogP contribution in [-0.2, 0) is 14.3 Å². The van der Waals surface area contributed by atoms with Crippen molar-refractivity contribution in [3.05, 3.63) is 99.5 Å². The number of ketones is 2. The molecule has 3 aromatic carbocycles. The van der Waals surface area contributed by atoms with Crippen LogP contribution in [0.15, 0.2) is 77.3 Å². The average Bonchev–Trinajstić information content (AvgIpc) is 3.40. The summed E-state index contributed by atoms with van der Waals surface area (Å²) in [5.41, 5.74) is 0.309. The Morgan fingerprint density at radius 1 is 0.794 bits per heavy atom. The van der Waals surface area contributed by atoms with Crippen LogP contribution in [0.1, 0.15) is 37.9 Å². The molecule has 0 bridgehead atoms. The van der Waals surface area contributed by atoms with E-state index < -0.39 is 46.9 Å². The predicted molar refractivity (Wildman–Crippen MR) is 126 cm³/mol.